The van der Waals surface area contributed by atoms with E-state index in [0.717, 1.165) is 24.2 Å². The molecule has 0 aromatic heterocycles. The molecule has 0 bridgehead atoms. The van der Waals surface area contributed by atoms with Gasteiger partial charge in [0.2, 0.25) is 0 Å². The van der Waals surface area contributed by atoms with Gasteiger partial charge in [-0.3, -0.25) is 0 Å². The van der Waals surface area contributed by atoms with Crippen molar-refractivity contribution in [2.24, 2.45) is 0 Å². The SMILES string of the molecule is CC(C[Si](C)(Oc1ccccc1)Oc1ccccc1)OCC1CO1. The Bertz CT molecular complexity index is 574. The van der Waals surface area contributed by atoms with Gasteiger partial charge in [0, 0.05) is 12.6 Å². The van der Waals surface area contributed by atoms with E-state index in [1.807, 2.05) is 60.7 Å². The van der Waals surface area contributed by atoms with E-state index in [4.69, 9.17) is 18.3 Å². The molecule has 2 atom stereocenters. The molecule has 0 aliphatic carbocycles. The summed E-state index contributed by atoms with van der Waals surface area (Å²) in [6.45, 7) is 5.60. The average molecular weight is 344 g/mol. The second-order valence-electron chi connectivity index (χ2n) is 6.27. The zero-order valence-electron chi connectivity index (χ0n) is 14.2. The second-order valence-corrected chi connectivity index (χ2v) is 9.35. The predicted octanol–water partition coefficient (Wildman–Crippen LogP) is 4.02. The fourth-order valence-electron chi connectivity index (χ4n) is 2.60. The first-order valence-electron chi connectivity index (χ1n) is 8.34. The Hall–Kier alpha value is -1.82. The van der Waals surface area contributed by atoms with Crippen molar-refractivity contribution in [3.05, 3.63) is 60.7 Å². The highest BCUT2D eigenvalue weighted by Crippen LogP contribution is 2.25. The molecule has 0 spiro atoms. The Kier molecular flexibility index (Phi) is 5.55. The zero-order chi connectivity index (χ0) is 16.8. The van der Waals surface area contributed by atoms with Crippen LogP contribution in [0.1, 0.15) is 6.92 Å². The Morgan fingerprint density at radius 1 is 1.00 bits per heavy atom. The molecule has 1 fully saturated rings. The summed E-state index contributed by atoms with van der Waals surface area (Å²) in [6.07, 6.45) is 0.323. The van der Waals surface area contributed by atoms with Crippen LogP contribution < -0.4 is 8.85 Å². The molecule has 1 saturated heterocycles. The van der Waals surface area contributed by atoms with Gasteiger partial charge in [0.1, 0.15) is 17.6 Å². The summed E-state index contributed by atoms with van der Waals surface area (Å²) < 4.78 is 23.7. The lowest BCUT2D eigenvalue weighted by Crippen LogP contribution is -2.48. The molecule has 24 heavy (non-hydrogen) atoms. The van der Waals surface area contributed by atoms with Gasteiger partial charge in [0.15, 0.2) is 0 Å². The molecule has 0 amide bonds. The van der Waals surface area contributed by atoms with Crippen molar-refractivity contribution in [1.29, 1.82) is 0 Å². The number of hydrogen-bond acceptors (Lipinski definition) is 4. The van der Waals surface area contributed by atoms with E-state index in [9.17, 15) is 0 Å². The van der Waals surface area contributed by atoms with Crippen LogP contribution >= 0.6 is 0 Å². The van der Waals surface area contributed by atoms with E-state index in [1.165, 1.54) is 0 Å². The van der Waals surface area contributed by atoms with E-state index in [1.54, 1.807) is 0 Å². The molecule has 0 saturated carbocycles. The van der Waals surface area contributed by atoms with E-state index in [0.29, 0.717) is 6.61 Å². The Morgan fingerprint density at radius 2 is 1.50 bits per heavy atom. The van der Waals surface area contributed by atoms with Gasteiger partial charge >= 0.3 is 8.56 Å². The van der Waals surface area contributed by atoms with Crippen molar-refractivity contribution in [3.8, 4) is 11.5 Å². The number of rotatable bonds is 9. The van der Waals surface area contributed by atoms with Gasteiger partial charge in [0.05, 0.1) is 19.3 Å². The van der Waals surface area contributed by atoms with Gasteiger partial charge in [-0.25, -0.2) is 0 Å². The maximum atomic E-state index is 6.30. The highest BCUT2D eigenvalue weighted by molar-refractivity contribution is 6.67. The molecule has 4 nitrogen and oxygen atoms in total. The first-order valence-corrected chi connectivity index (χ1v) is 10.9. The molecule has 2 unspecified atom stereocenters. The van der Waals surface area contributed by atoms with Gasteiger partial charge in [-0.05, 0) is 31.2 Å². The van der Waals surface area contributed by atoms with Crippen LogP contribution in [0.4, 0.5) is 0 Å². The first-order chi connectivity index (χ1) is 11.6. The lowest BCUT2D eigenvalue weighted by molar-refractivity contribution is 0.0616. The molecule has 2 aromatic rings. The molecule has 3 rings (SSSR count). The van der Waals surface area contributed by atoms with Crippen LogP contribution in [0.3, 0.4) is 0 Å². The maximum Gasteiger partial charge on any atom is 0.459 e. The number of benzene rings is 2. The summed E-state index contributed by atoms with van der Waals surface area (Å²) in [5.74, 6) is 1.67. The van der Waals surface area contributed by atoms with E-state index in [2.05, 4.69) is 13.5 Å². The monoisotopic (exact) mass is 344 g/mol. The van der Waals surface area contributed by atoms with Crippen molar-refractivity contribution < 1.29 is 18.3 Å². The van der Waals surface area contributed by atoms with Crippen molar-refractivity contribution >= 4 is 8.56 Å². The molecule has 0 radical (unpaired) electrons. The van der Waals surface area contributed by atoms with Gasteiger partial charge in [-0.15, -0.1) is 0 Å². The lowest BCUT2D eigenvalue weighted by Gasteiger charge is -2.30. The smallest absolute Gasteiger partial charge is 0.459 e. The standard InChI is InChI=1S/C19H24O4Si/c1-16(20-13-19-14-21-19)15-24(2,22-17-9-5-3-6-10-17)23-18-11-7-4-8-12-18/h3-12,16,19H,13-15H2,1-2H3. The average Bonchev–Trinajstić information content (AvgIpc) is 3.39. The van der Waals surface area contributed by atoms with Crippen molar-refractivity contribution in [2.45, 2.75) is 31.7 Å². The molecular weight excluding hydrogens is 320 g/mol. The zero-order valence-corrected chi connectivity index (χ0v) is 15.2. The summed E-state index contributed by atoms with van der Waals surface area (Å²) in [5.41, 5.74) is 0. The van der Waals surface area contributed by atoms with E-state index >= 15 is 0 Å². The number of para-hydroxylation sites is 2. The second kappa shape index (κ2) is 7.83. The van der Waals surface area contributed by atoms with Gasteiger partial charge in [-0.1, -0.05) is 36.4 Å². The topological polar surface area (TPSA) is 40.2 Å². The van der Waals surface area contributed by atoms with Gasteiger partial charge in [-0.2, -0.15) is 0 Å². The first kappa shape index (κ1) is 17.0. The normalized spacial score (nSPS) is 18.0. The Balaban J connectivity index is 1.68. The van der Waals surface area contributed by atoms with Crippen molar-refractivity contribution in [2.75, 3.05) is 13.2 Å². The van der Waals surface area contributed by atoms with Crippen LogP contribution in [0.2, 0.25) is 12.6 Å². The van der Waals surface area contributed by atoms with Crippen LogP contribution in [0, 0.1) is 0 Å². The Labute approximate surface area is 144 Å². The van der Waals surface area contributed by atoms with Crippen molar-refractivity contribution in [3.63, 3.8) is 0 Å². The minimum atomic E-state index is -2.51. The van der Waals surface area contributed by atoms with Crippen LogP contribution in [-0.2, 0) is 9.47 Å². The van der Waals surface area contributed by atoms with Crippen molar-refractivity contribution in [1.82, 2.24) is 0 Å². The molecule has 0 N–H and O–H groups in total. The largest absolute Gasteiger partial charge is 0.512 e. The van der Waals surface area contributed by atoms with E-state index < -0.39 is 8.56 Å². The molecule has 1 aliphatic rings. The van der Waals surface area contributed by atoms with E-state index in [-0.39, 0.29) is 12.2 Å². The molecule has 128 valence electrons. The summed E-state index contributed by atoms with van der Waals surface area (Å²) in [4.78, 5) is 0. The summed E-state index contributed by atoms with van der Waals surface area (Å²) in [6, 6.07) is 20.4. The molecule has 1 aliphatic heterocycles. The van der Waals surface area contributed by atoms with Gasteiger partial charge in [0.25, 0.3) is 0 Å². The fourth-order valence-corrected chi connectivity index (χ4v) is 5.24. The fraction of sp³-hybridized carbons (Fsp3) is 0.368. The lowest BCUT2D eigenvalue weighted by atomic mass is 10.3. The predicted molar refractivity (Wildman–Crippen MR) is 95.7 cm³/mol. The summed E-state index contributed by atoms with van der Waals surface area (Å²) in [5, 5.41) is 0. The highest BCUT2D eigenvalue weighted by Gasteiger charge is 2.39. The number of epoxide rings is 1. The maximum absolute atomic E-state index is 6.30. The quantitative estimate of drug-likeness (QED) is 0.509. The molecule has 5 heteroatoms. The summed E-state index contributed by atoms with van der Waals surface area (Å²) >= 11 is 0. The Morgan fingerprint density at radius 3 is 1.96 bits per heavy atom. The third-order valence-electron chi connectivity index (χ3n) is 3.78. The minimum Gasteiger partial charge on any atom is -0.512 e. The summed E-state index contributed by atoms with van der Waals surface area (Å²) in [7, 11) is -2.51. The highest BCUT2D eigenvalue weighted by atomic mass is 28.4. The number of hydrogen-bond donors (Lipinski definition) is 0. The minimum absolute atomic E-state index is 0.0540. The number of ether oxygens (including phenoxy) is 2. The van der Waals surface area contributed by atoms with Crippen LogP contribution in [0.5, 0.6) is 11.5 Å². The van der Waals surface area contributed by atoms with Gasteiger partial charge < -0.3 is 18.3 Å². The van der Waals surface area contributed by atoms with Crippen LogP contribution in [0.15, 0.2) is 60.7 Å². The van der Waals surface area contributed by atoms with Crippen LogP contribution in [0.25, 0.3) is 0 Å². The molecule has 2 aromatic carbocycles. The molecule has 1 heterocycles. The van der Waals surface area contributed by atoms with Crippen LogP contribution in [-0.4, -0.2) is 34.0 Å². The third-order valence-corrected chi connectivity index (χ3v) is 6.43. The third kappa shape index (κ3) is 5.37. The molecular formula is C19H24O4Si.